The van der Waals surface area contributed by atoms with Crippen molar-refractivity contribution >= 4 is 0 Å². The van der Waals surface area contributed by atoms with Gasteiger partial charge in [-0.15, -0.1) is 0 Å². The maximum Gasteiger partial charge on any atom is 0.240 e. The molecular weight excluding hydrogens is 288 g/mol. The molecule has 1 aliphatic heterocycles. The molecule has 0 spiro atoms. The molecule has 1 aromatic heterocycles. The third-order valence-electron chi connectivity index (χ3n) is 4.33. The van der Waals surface area contributed by atoms with Crippen molar-refractivity contribution in [3.8, 4) is 11.4 Å². The van der Waals surface area contributed by atoms with Crippen LogP contribution in [0.15, 0.2) is 34.9 Å². The van der Waals surface area contributed by atoms with Crippen molar-refractivity contribution in [1.82, 2.24) is 20.4 Å². The average Bonchev–Trinajstić information content (AvgIpc) is 2.91. The molecule has 1 aliphatic rings. The minimum Gasteiger partial charge on any atom is -0.338 e. The van der Waals surface area contributed by atoms with Gasteiger partial charge < -0.3 is 14.7 Å². The molecule has 1 N–H and O–H groups in total. The summed E-state index contributed by atoms with van der Waals surface area (Å²) in [5.41, 5.74) is 0.986. The second kappa shape index (κ2) is 8.22. The Labute approximate surface area is 138 Å². The lowest BCUT2D eigenvalue weighted by Crippen LogP contribution is -2.39. The standard InChI is InChI=1S/C18H26N4O/c1-15(14-22-11-7-2-3-8-12-22)19-13-17-20-18(21-23-17)16-9-5-4-6-10-16/h4-6,9-10,15,19H,2-3,7-8,11-14H2,1H3/t15-/m1/s1. The summed E-state index contributed by atoms with van der Waals surface area (Å²) < 4.78 is 5.34. The van der Waals surface area contributed by atoms with Crippen molar-refractivity contribution < 1.29 is 4.52 Å². The van der Waals surface area contributed by atoms with Crippen LogP contribution in [0.3, 0.4) is 0 Å². The van der Waals surface area contributed by atoms with Crippen molar-refractivity contribution in [2.75, 3.05) is 19.6 Å². The van der Waals surface area contributed by atoms with Crippen molar-refractivity contribution in [2.45, 2.75) is 45.2 Å². The third kappa shape index (κ3) is 4.88. The summed E-state index contributed by atoms with van der Waals surface area (Å²) in [6.07, 6.45) is 5.42. The molecule has 0 unspecified atom stereocenters. The van der Waals surface area contributed by atoms with Crippen LogP contribution >= 0.6 is 0 Å². The SMILES string of the molecule is C[C@H](CN1CCCCCC1)NCc1nc(-c2ccccc2)no1. The van der Waals surface area contributed by atoms with E-state index in [9.17, 15) is 0 Å². The predicted molar refractivity (Wildman–Crippen MR) is 90.9 cm³/mol. The van der Waals surface area contributed by atoms with Crippen molar-refractivity contribution in [1.29, 1.82) is 0 Å². The van der Waals surface area contributed by atoms with Crippen LogP contribution in [0.5, 0.6) is 0 Å². The van der Waals surface area contributed by atoms with Gasteiger partial charge in [-0.1, -0.05) is 48.3 Å². The Hall–Kier alpha value is -1.72. The van der Waals surface area contributed by atoms with Crippen LogP contribution in [-0.4, -0.2) is 40.7 Å². The highest BCUT2D eigenvalue weighted by atomic mass is 16.5. The molecular formula is C18H26N4O. The highest BCUT2D eigenvalue weighted by Crippen LogP contribution is 2.15. The van der Waals surface area contributed by atoms with Gasteiger partial charge in [0.25, 0.3) is 0 Å². The molecule has 124 valence electrons. The summed E-state index contributed by atoms with van der Waals surface area (Å²) in [7, 11) is 0. The van der Waals surface area contributed by atoms with Crippen LogP contribution in [0.1, 0.15) is 38.5 Å². The molecule has 0 saturated carbocycles. The van der Waals surface area contributed by atoms with Gasteiger partial charge in [-0.3, -0.25) is 0 Å². The van der Waals surface area contributed by atoms with Crippen LogP contribution in [0.4, 0.5) is 0 Å². The fourth-order valence-electron chi connectivity index (χ4n) is 3.06. The Bertz CT molecular complexity index is 576. The largest absolute Gasteiger partial charge is 0.338 e. The number of likely N-dealkylation sites (tertiary alicyclic amines) is 1. The van der Waals surface area contributed by atoms with E-state index in [1.807, 2.05) is 30.3 Å². The molecule has 23 heavy (non-hydrogen) atoms. The highest BCUT2D eigenvalue weighted by Gasteiger charge is 2.14. The Kier molecular flexibility index (Phi) is 5.77. The molecule has 3 rings (SSSR count). The van der Waals surface area contributed by atoms with E-state index in [4.69, 9.17) is 4.52 Å². The van der Waals surface area contributed by atoms with Gasteiger partial charge >= 0.3 is 0 Å². The van der Waals surface area contributed by atoms with Gasteiger partial charge in [0.2, 0.25) is 11.7 Å². The zero-order chi connectivity index (χ0) is 15.9. The lowest BCUT2D eigenvalue weighted by atomic mass is 10.2. The first kappa shape index (κ1) is 16.1. The first-order valence-corrected chi connectivity index (χ1v) is 8.65. The number of benzene rings is 1. The zero-order valence-electron chi connectivity index (χ0n) is 13.9. The van der Waals surface area contributed by atoms with Crippen LogP contribution in [0.2, 0.25) is 0 Å². The quantitative estimate of drug-likeness (QED) is 0.888. The lowest BCUT2D eigenvalue weighted by Gasteiger charge is -2.24. The first-order valence-electron chi connectivity index (χ1n) is 8.65. The van der Waals surface area contributed by atoms with Crippen LogP contribution in [0.25, 0.3) is 11.4 Å². The molecule has 1 aromatic carbocycles. The van der Waals surface area contributed by atoms with E-state index in [0.29, 0.717) is 24.3 Å². The van der Waals surface area contributed by atoms with E-state index in [1.165, 1.54) is 38.8 Å². The van der Waals surface area contributed by atoms with Crippen LogP contribution in [0, 0.1) is 0 Å². The van der Waals surface area contributed by atoms with Crippen molar-refractivity contribution in [2.24, 2.45) is 0 Å². The van der Waals surface area contributed by atoms with E-state index in [2.05, 4.69) is 27.3 Å². The summed E-state index contributed by atoms with van der Waals surface area (Å²) >= 11 is 0. The fraction of sp³-hybridized carbons (Fsp3) is 0.556. The van der Waals surface area contributed by atoms with E-state index in [-0.39, 0.29) is 0 Å². The molecule has 5 heteroatoms. The summed E-state index contributed by atoms with van der Waals surface area (Å²) in [6.45, 7) is 6.38. The normalized spacial score (nSPS) is 17.8. The average molecular weight is 314 g/mol. The van der Waals surface area contributed by atoms with Gasteiger partial charge in [0, 0.05) is 18.2 Å². The van der Waals surface area contributed by atoms with Crippen LogP contribution in [-0.2, 0) is 6.54 Å². The predicted octanol–water partition coefficient (Wildman–Crippen LogP) is 3.09. The number of hydrogen-bond acceptors (Lipinski definition) is 5. The second-order valence-corrected chi connectivity index (χ2v) is 6.37. The number of nitrogens with one attached hydrogen (secondary N) is 1. The van der Waals surface area contributed by atoms with Gasteiger partial charge in [0.1, 0.15) is 0 Å². The Balaban J connectivity index is 1.47. The van der Waals surface area contributed by atoms with Gasteiger partial charge in [-0.25, -0.2) is 0 Å². The zero-order valence-corrected chi connectivity index (χ0v) is 13.9. The Morgan fingerprint density at radius 3 is 2.61 bits per heavy atom. The van der Waals surface area contributed by atoms with Gasteiger partial charge in [-0.05, 0) is 32.9 Å². The number of rotatable bonds is 6. The summed E-state index contributed by atoms with van der Waals surface area (Å²) in [6, 6.07) is 10.3. The van der Waals surface area contributed by atoms with E-state index in [1.54, 1.807) is 0 Å². The summed E-state index contributed by atoms with van der Waals surface area (Å²) in [5, 5.41) is 7.55. The molecule has 1 atom stereocenters. The van der Waals surface area contributed by atoms with E-state index >= 15 is 0 Å². The fourth-order valence-corrected chi connectivity index (χ4v) is 3.06. The Morgan fingerprint density at radius 2 is 1.87 bits per heavy atom. The minimum atomic E-state index is 0.417. The molecule has 1 saturated heterocycles. The maximum atomic E-state index is 5.34. The molecule has 2 heterocycles. The molecule has 0 amide bonds. The van der Waals surface area contributed by atoms with Gasteiger partial charge in [-0.2, -0.15) is 4.98 Å². The van der Waals surface area contributed by atoms with E-state index in [0.717, 1.165) is 12.1 Å². The first-order chi connectivity index (χ1) is 11.3. The molecule has 2 aromatic rings. The number of aromatic nitrogens is 2. The summed E-state index contributed by atoms with van der Waals surface area (Å²) in [5.74, 6) is 1.30. The second-order valence-electron chi connectivity index (χ2n) is 6.37. The maximum absolute atomic E-state index is 5.34. The monoisotopic (exact) mass is 314 g/mol. The molecule has 5 nitrogen and oxygen atoms in total. The molecule has 0 bridgehead atoms. The molecule has 1 fully saturated rings. The lowest BCUT2D eigenvalue weighted by molar-refractivity contribution is 0.251. The number of nitrogens with zero attached hydrogens (tertiary/aromatic N) is 3. The van der Waals surface area contributed by atoms with Gasteiger partial charge in [0.15, 0.2) is 0 Å². The topological polar surface area (TPSA) is 54.2 Å². The number of hydrogen-bond donors (Lipinski definition) is 1. The van der Waals surface area contributed by atoms with Crippen molar-refractivity contribution in [3.05, 3.63) is 36.2 Å². The molecule has 0 radical (unpaired) electrons. The molecule has 0 aliphatic carbocycles. The van der Waals surface area contributed by atoms with Gasteiger partial charge in [0.05, 0.1) is 6.54 Å². The Morgan fingerprint density at radius 1 is 1.13 bits per heavy atom. The minimum absolute atomic E-state index is 0.417. The van der Waals surface area contributed by atoms with Crippen molar-refractivity contribution in [3.63, 3.8) is 0 Å². The summed E-state index contributed by atoms with van der Waals surface area (Å²) in [4.78, 5) is 7.02. The third-order valence-corrected chi connectivity index (χ3v) is 4.33. The highest BCUT2D eigenvalue weighted by molar-refractivity contribution is 5.53. The smallest absolute Gasteiger partial charge is 0.240 e. The van der Waals surface area contributed by atoms with E-state index < -0.39 is 0 Å². The van der Waals surface area contributed by atoms with Crippen LogP contribution < -0.4 is 5.32 Å².